The molecule has 0 spiro atoms. The van der Waals surface area contributed by atoms with Gasteiger partial charge in [-0.15, -0.1) is 0 Å². The van der Waals surface area contributed by atoms with Crippen LogP contribution in [0, 0.1) is 6.92 Å². The maximum atomic E-state index is 4.43. The molecule has 0 atom stereocenters. The lowest BCUT2D eigenvalue weighted by atomic mass is 10.2. The maximum absolute atomic E-state index is 4.43. The highest BCUT2D eigenvalue weighted by atomic mass is 32.1. The van der Waals surface area contributed by atoms with Gasteiger partial charge >= 0.3 is 0 Å². The first-order valence-corrected chi connectivity index (χ1v) is 5.61. The first-order valence-electron chi connectivity index (χ1n) is 4.79. The van der Waals surface area contributed by atoms with Crippen molar-refractivity contribution in [1.82, 2.24) is 4.98 Å². The molecule has 0 saturated heterocycles. The van der Waals surface area contributed by atoms with Gasteiger partial charge in [0.15, 0.2) is 0 Å². The average molecular weight is 219 g/mol. The molecule has 0 bridgehead atoms. The Kier molecular flexibility index (Phi) is 2.68. The van der Waals surface area contributed by atoms with Crippen molar-refractivity contribution in [3.05, 3.63) is 23.8 Å². The van der Waals surface area contributed by atoms with Crippen molar-refractivity contribution in [3.8, 4) is 0 Å². The van der Waals surface area contributed by atoms with Gasteiger partial charge in [0.05, 0.1) is 10.2 Å². The number of hydrogen-bond donors (Lipinski definition) is 1. The van der Waals surface area contributed by atoms with Crippen LogP contribution in [-0.4, -0.2) is 10.7 Å². The summed E-state index contributed by atoms with van der Waals surface area (Å²) in [5.74, 6) is 0. The standard InChI is InChI=1S/C11H13N3S/c1-7(2)13-14-11-12-9-5-4-8(3)6-10(9)15-11/h4-6H,1-3H3,(H,12,14). The fourth-order valence-electron chi connectivity index (χ4n) is 1.24. The minimum Gasteiger partial charge on any atom is -0.253 e. The van der Waals surface area contributed by atoms with E-state index in [2.05, 4.69) is 34.6 Å². The summed E-state index contributed by atoms with van der Waals surface area (Å²) in [5, 5.41) is 4.97. The van der Waals surface area contributed by atoms with E-state index in [0.29, 0.717) is 0 Å². The van der Waals surface area contributed by atoms with Crippen LogP contribution >= 0.6 is 11.3 Å². The lowest BCUT2D eigenvalue weighted by Crippen LogP contribution is -1.91. The van der Waals surface area contributed by atoms with Crippen molar-refractivity contribution in [3.63, 3.8) is 0 Å². The van der Waals surface area contributed by atoms with Crippen molar-refractivity contribution in [2.24, 2.45) is 5.10 Å². The number of nitrogens with zero attached hydrogens (tertiary/aromatic N) is 2. The minimum atomic E-state index is 0.844. The summed E-state index contributed by atoms with van der Waals surface area (Å²) in [6.07, 6.45) is 0. The highest BCUT2D eigenvalue weighted by molar-refractivity contribution is 7.22. The molecule has 15 heavy (non-hydrogen) atoms. The van der Waals surface area contributed by atoms with Crippen LogP contribution in [0.5, 0.6) is 0 Å². The van der Waals surface area contributed by atoms with E-state index < -0.39 is 0 Å². The smallest absolute Gasteiger partial charge is 0.204 e. The number of nitrogens with one attached hydrogen (secondary N) is 1. The van der Waals surface area contributed by atoms with Gasteiger partial charge in [-0.25, -0.2) is 4.98 Å². The molecule has 0 saturated carbocycles. The molecule has 1 aromatic heterocycles. The third-order valence-electron chi connectivity index (χ3n) is 1.92. The first kappa shape index (κ1) is 10.1. The first-order chi connectivity index (χ1) is 7.15. The molecule has 3 nitrogen and oxygen atoms in total. The minimum absolute atomic E-state index is 0.844. The second-order valence-corrected chi connectivity index (χ2v) is 4.69. The summed E-state index contributed by atoms with van der Waals surface area (Å²) in [4.78, 5) is 4.43. The Hall–Kier alpha value is -1.42. The van der Waals surface area contributed by atoms with E-state index in [-0.39, 0.29) is 0 Å². The van der Waals surface area contributed by atoms with E-state index in [9.17, 15) is 0 Å². The van der Waals surface area contributed by atoms with Gasteiger partial charge in [-0.05, 0) is 38.5 Å². The van der Waals surface area contributed by atoms with Crippen LogP contribution in [0.25, 0.3) is 10.2 Å². The average Bonchev–Trinajstić information content (AvgIpc) is 2.56. The SMILES string of the molecule is CC(C)=NNc1nc2ccc(C)cc2s1. The summed E-state index contributed by atoms with van der Waals surface area (Å²) in [7, 11) is 0. The summed E-state index contributed by atoms with van der Waals surface area (Å²) in [6, 6.07) is 6.25. The number of rotatable bonds is 2. The highest BCUT2D eigenvalue weighted by Gasteiger charge is 2.02. The molecule has 0 amide bonds. The van der Waals surface area contributed by atoms with Gasteiger partial charge in [-0.3, -0.25) is 5.43 Å². The number of anilines is 1. The van der Waals surface area contributed by atoms with Gasteiger partial charge in [-0.1, -0.05) is 17.4 Å². The van der Waals surface area contributed by atoms with Gasteiger partial charge in [0.1, 0.15) is 0 Å². The van der Waals surface area contributed by atoms with Gasteiger partial charge in [0.25, 0.3) is 0 Å². The van der Waals surface area contributed by atoms with Crippen molar-refractivity contribution in [1.29, 1.82) is 0 Å². The molecule has 1 heterocycles. The predicted octanol–water partition coefficient (Wildman–Crippen LogP) is 3.41. The molecule has 0 aliphatic carbocycles. The number of benzene rings is 1. The lowest BCUT2D eigenvalue weighted by molar-refractivity contribution is 1.28. The van der Waals surface area contributed by atoms with Crippen molar-refractivity contribution >= 4 is 32.4 Å². The number of fused-ring (bicyclic) bond motifs is 1. The molecule has 0 aliphatic heterocycles. The Morgan fingerprint density at radius 2 is 2.20 bits per heavy atom. The van der Waals surface area contributed by atoms with Crippen LogP contribution in [0.3, 0.4) is 0 Å². The molecule has 1 aromatic carbocycles. The zero-order valence-corrected chi connectivity index (χ0v) is 9.85. The third-order valence-corrected chi connectivity index (χ3v) is 2.84. The molecule has 0 unspecified atom stereocenters. The van der Waals surface area contributed by atoms with Crippen molar-refractivity contribution < 1.29 is 0 Å². The molecule has 78 valence electrons. The molecule has 1 N–H and O–H groups in total. The van der Waals surface area contributed by atoms with Crippen LogP contribution < -0.4 is 5.43 Å². The zero-order valence-electron chi connectivity index (χ0n) is 9.03. The van der Waals surface area contributed by atoms with Gasteiger partial charge < -0.3 is 0 Å². The van der Waals surface area contributed by atoms with Crippen LogP contribution in [0.1, 0.15) is 19.4 Å². The molecule has 2 rings (SSSR count). The molecule has 0 aliphatic rings. The van der Waals surface area contributed by atoms with Crippen LogP contribution in [0.2, 0.25) is 0 Å². The van der Waals surface area contributed by atoms with Crippen LogP contribution in [0.15, 0.2) is 23.3 Å². The second kappa shape index (κ2) is 3.98. The Balaban J connectivity index is 2.35. The van der Waals surface area contributed by atoms with Crippen molar-refractivity contribution in [2.45, 2.75) is 20.8 Å². The summed E-state index contributed by atoms with van der Waals surface area (Å²) in [6.45, 7) is 5.98. The Labute approximate surface area is 92.8 Å². The fraction of sp³-hybridized carbons (Fsp3) is 0.273. The summed E-state index contributed by atoms with van der Waals surface area (Å²) < 4.78 is 1.20. The van der Waals surface area contributed by atoms with Gasteiger partial charge in [-0.2, -0.15) is 5.10 Å². The Morgan fingerprint density at radius 1 is 1.40 bits per heavy atom. The molecule has 4 heteroatoms. The normalized spacial score (nSPS) is 10.3. The Bertz CT molecular complexity index is 510. The largest absolute Gasteiger partial charge is 0.253 e. The molecule has 0 fully saturated rings. The number of hydrogen-bond acceptors (Lipinski definition) is 4. The molecule has 0 radical (unpaired) electrons. The summed E-state index contributed by atoms with van der Waals surface area (Å²) >= 11 is 1.62. The van der Waals surface area contributed by atoms with E-state index >= 15 is 0 Å². The predicted molar refractivity (Wildman–Crippen MR) is 66.8 cm³/mol. The van der Waals surface area contributed by atoms with E-state index in [1.165, 1.54) is 10.3 Å². The van der Waals surface area contributed by atoms with E-state index in [0.717, 1.165) is 16.4 Å². The van der Waals surface area contributed by atoms with Crippen LogP contribution in [-0.2, 0) is 0 Å². The zero-order chi connectivity index (χ0) is 10.8. The molecular weight excluding hydrogens is 206 g/mol. The van der Waals surface area contributed by atoms with E-state index in [1.54, 1.807) is 11.3 Å². The van der Waals surface area contributed by atoms with Gasteiger partial charge in [0.2, 0.25) is 5.13 Å². The Morgan fingerprint density at radius 3 is 2.93 bits per heavy atom. The quantitative estimate of drug-likeness (QED) is 0.620. The highest BCUT2D eigenvalue weighted by Crippen LogP contribution is 2.26. The fourth-order valence-corrected chi connectivity index (χ4v) is 2.15. The maximum Gasteiger partial charge on any atom is 0.204 e. The number of hydrazone groups is 1. The third kappa shape index (κ3) is 2.33. The van der Waals surface area contributed by atoms with E-state index in [1.807, 2.05) is 19.9 Å². The second-order valence-electron chi connectivity index (χ2n) is 3.66. The van der Waals surface area contributed by atoms with Crippen LogP contribution in [0.4, 0.5) is 5.13 Å². The monoisotopic (exact) mass is 219 g/mol. The van der Waals surface area contributed by atoms with Gasteiger partial charge in [0, 0.05) is 5.71 Å². The topological polar surface area (TPSA) is 37.3 Å². The molecule has 2 aromatic rings. The number of thiazole rings is 1. The van der Waals surface area contributed by atoms with E-state index in [4.69, 9.17) is 0 Å². The number of aromatic nitrogens is 1. The van der Waals surface area contributed by atoms with Crippen molar-refractivity contribution in [2.75, 3.05) is 5.43 Å². The lowest BCUT2D eigenvalue weighted by Gasteiger charge is -1.92. The summed E-state index contributed by atoms with van der Waals surface area (Å²) in [5.41, 5.74) is 6.22. The number of aryl methyl sites for hydroxylation is 1. The molecular formula is C11H13N3S.